The molecular formula is C18H34O2. The van der Waals surface area contributed by atoms with E-state index in [1.165, 1.54) is 57.1 Å². The van der Waals surface area contributed by atoms with Crippen LogP contribution >= 0.6 is 0 Å². The maximum Gasteiger partial charge on any atom is 0.202 e. The van der Waals surface area contributed by atoms with Crippen molar-refractivity contribution < 1.29 is 10.2 Å². The zero-order chi connectivity index (χ0) is 15.1. The lowest BCUT2D eigenvalue weighted by atomic mass is 10.1. The largest absolute Gasteiger partial charge is 0.359 e. The van der Waals surface area contributed by atoms with Gasteiger partial charge in [-0.1, -0.05) is 70.9 Å². The summed E-state index contributed by atoms with van der Waals surface area (Å²) in [6.45, 7) is 4.39. The van der Waals surface area contributed by atoms with Crippen molar-refractivity contribution in [1.29, 1.82) is 0 Å². The second kappa shape index (κ2) is 13.4. The molecule has 20 heavy (non-hydrogen) atoms. The molecule has 0 aliphatic carbocycles. The molecule has 2 N–H and O–H groups in total. The van der Waals surface area contributed by atoms with Crippen LogP contribution in [0.4, 0.5) is 0 Å². The van der Waals surface area contributed by atoms with Crippen LogP contribution in [0.15, 0.2) is 24.3 Å². The van der Waals surface area contributed by atoms with Crippen molar-refractivity contribution in [3.63, 3.8) is 0 Å². The third-order valence-electron chi connectivity index (χ3n) is 3.42. The SMILES string of the molecule is CCCCC/C=C\C(O)(O)/C=C\CCCCCCCC. The maximum atomic E-state index is 9.73. The molecular weight excluding hydrogens is 248 g/mol. The van der Waals surface area contributed by atoms with Crippen molar-refractivity contribution in [3.05, 3.63) is 24.3 Å². The van der Waals surface area contributed by atoms with Gasteiger partial charge >= 0.3 is 0 Å². The van der Waals surface area contributed by atoms with Crippen LogP contribution in [0.25, 0.3) is 0 Å². The smallest absolute Gasteiger partial charge is 0.202 e. The first kappa shape index (κ1) is 19.4. The van der Waals surface area contributed by atoms with Crippen molar-refractivity contribution in [2.24, 2.45) is 0 Å². The van der Waals surface area contributed by atoms with Crippen molar-refractivity contribution in [2.45, 2.75) is 90.3 Å². The van der Waals surface area contributed by atoms with Crippen LogP contribution in [-0.4, -0.2) is 16.0 Å². The minimum Gasteiger partial charge on any atom is -0.359 e. The summed E-state index contributed by atoms with van der Waals surface area (Å²) in [5.41, 5.74) is 0. The van der Waals surface area contributed by atoms with E-state index in [9.17, 15) is 10.2 Å². The lowest BCUT2D eigenvalue weighted by molar-refractivity contribution is -0.0744. The van der Waals surface area contributed by atoms with E-state index in [1.54, 1.807) is 0 Å². The van der Waals surface area contributed by atoms with E-state index in [2.05, 4.69) is 13.8 Å². The fraction of sp³-hybridized carbons (Fsp3) is 0.778. The summed E-state index contributed by atoms with van der Waals surface area (Å²) < 4.78 is 0. The van der Waals surface area contributed by atoms with Gasteiger partial charge in [-0.05, 0) is 37.8 Å². The Bertz CT molecular complexity index is 254. The fourth-order valence-electron chi connectivity index (χ4n) is 2.12. The number of aliphatic hydroxyl groups is 2. The normalized spacial score (nSPS) is 12.8. The van der Waals surface area contributed by atoms with Crippen LogP contribution in [0, 0.1) is 0 Å². The van der Waals surface area contributed by atoms with Crippen molar-refractivity contribution in [3.8, 4) is 0 Å². The topological polar surface area (TPSA) is 40.5 Å². The molecule has 0 amide bonds. The summed E-state index contributed by atoms with van der Waals surface area (Å²) in [5, 5.41) is 19.5. The Morgan fingerprint density at radius 3 is 1.60 bits per heavy atom. The first-order valence-corrected chi connectivity index (χ1v) is 8.42. The summed E-state index contributed by atoms with van der Waals surface area (Å²) in [7, 11) is 0. The molecule has 0 rings (SSSR count). The molecule has 0 radical (unpaired) electrons. The third-order valence-corrected chi connectivity index (χ3v) is 3.42. The Morgan fingerprint density at radius 2 is 1.05 bits per heavy atom. The molecule has 0 aromatic heterocycles. The van der Waals surface area contributed by atoms with Crippen molar-refractivity contribution in [2.75, 3.05) is 0 Å². The second-order valence-electron chi connectivity index (χ2n) is 5.64. The Balaban J connectivity index is 3.64. The molecule has 2 nitrogen and oxygen atoms in total. The molecule has 0 spiro atoms. The van der Waals surface area contributed by atoms with Gasteiger partial charge in [-0.2, -0.15) is 0 Å². The van der Waals surface area contributed by atoms with Gasteiger partial charge < -0.3 is 10.2 Å². The number of hydrogen-bond acceptors (Lipinski definition) is 2. The molecule has 0 saturated carbocycles. The van der Waals surface area contributed by atoms with Gasteiger partial charge in [0.15, 0.2) is 0 Å². The molecule has 2 heteroatoms. The highest BCUT2D eigenvalue weighted by Crippen LogP contribution is 2.10. The highest BCUT2D eigenvalue weighted by atomic mass is 16.5. The Kier molecular flexibility index (Phi) is 13.0. The number of allylic oxidation sites excluding steroid dienone is 2. The molecule has 0 aromatic rings. The lowest BCUT2D eigenvalue weighted by Crippen LogP contribution is -2.21. The average molecular weight is 282 g/mol. The zero-order valence-electron chi connectivity index (χ0n) is 13.5. The van der Waals surface area contributed by atoms with Crippen molar-refractivity contribution >= 4 is 0 Å². The van der Waals surface area contributed by atoms with Gasteiger partial charge in [-0.3, -0.25) is 0 Å². The average Bonchev–Trinajstić information content (AvgIpc) is 2.41. The first-order valence-electron chi connectivity index (χ1n) is 8.42. The standard InChI is InChI=1S/C18H34O2/c1-3-5-7-9-10-11-13-15-17-18(19,20)16-14-12-8-6-4-2/h14-17,19-20H,3-13H2,1-2H3/b16-14-,17-15-. The molecule has 0 saturated heterocycles. The summed E-state index contributed by atoms with van der Waals surface area (Å²) in [4.78, 5) is 0. The molecule has 0 bridgehead atoms. The van der Waals surface area contributed by atoms with Crippen LogP contribution in [0.5, 0.6) is 0 Å². The molecule has 0 aliphatic heterocycles. The minimum atomic E-state index is -1.77. The summed E-state index contributed by atoms with van der Waals surface area (Å²) in [6, 6.07) is 0. The number of rotatable bonds is 13. The molecule has 0 aromatic carbocycles. The van der Waals surface area contributed by atoms with Crippen LogP contribution in [0.1, 0.15) is 84.5 Å². The first-order chi connectivity index (χ1) is 9.62. The van der Waals surface area contributed by atoms with Gasteiger partial charge in [-0.25, -0.2) is 0 Å². The van der Waals surface area contributed by atoms with E-state index < -0.39 is 5.79 Å². The van der Waals surface area contributed by atoms with Crippen LogP contribution < -0.4 is 0 Å². The monoisotopic (exact) mass is 282 g/mol. The van der Waals surface area contributed by atoms with Crippen LogP contribution in [0.3, 0.4) is 0 Å². The molecule has 0 atom stereocenters. The van der Waals surface area contributed by atoms with E-state index in [-0.39, 0.29) is 0 Å². The Morgan fingerprint density at radius 1 is 0.650 bits per heavy atom. The molecule has 0 fully saturated rings. The second-order valence-corrected chi connectivity index (χ2v) is 5.64. The highest BCUT2D eigenvalue weighted by Gasteiger charge is 2.12. The van der Waals surface area contributed by atoms with Gasteiger partial charge in [-0.15, -0.1) is 0 Å². The van der Waals surface area contributed by atoms with Crippen LogP contribution in [-0.2, 0) is 0 Å². The number of hydrogen-bond donors (Lipinski definition) is 2. The summed E-state index contributed by atoms with van der Waals surface area (Å²) >= 11 is 0. The van der Waals surface area contributed by atoms with Gasteiger partial charge in [0, 0.05) is 0 Å². The van der Waals surface area contributed by atoms with E-state index in [1.807, 2.05) is 12.2 Å². The van der Waals surface area contributed by atoms with Gasteiger partial charge in [0.25, 0.3) is 0 Å². The quantitative estimate of drug-likeness (QED) is 0.280. The van der Waals surface area contributed by atoms with E-state index >= 15 is 0 Å². The van der Waals surface area contributed by atoms with Crippen LogP contribution in [0.2, 0.25) is 0 Å². The van der Waals surface area contributed by atoms with E-state index in [4.69, 9.17) is 0 Å². The molecule has 118 valence electrons. The highest BCUT2D eigenvalue weighted by molar-refractivity contribution is 5.07. The Labute approximate surface area is 125 Å². The third kappa shape index (κ3) is 13.8. The van der Waals surface area contributed by atoms with E-state index in [0.29, 0.717) is 0 Å². The number of unbranched alkanes of at least 4 members (excludes halogenated alkanes) is 9. The summed E-state index contributed by atoms with van der Waals surface area (Å²) in [5.74, 6) is -1.77. The van der Waals surface area contributed by atoms with Gasteiger partial charge in [0.1, 0.15) is 0 Å². The maximum absolute atomic E-state index is 9.73. The molecule has 0 aliphatic rings. The Hall–Kier alpha value is -0.600. The predicted molar refractivity (Wildman–Crippen MR) is 87.6 cm³/mol. The molecule has 0 unspecified atom stereocenters. The van der Waals surface area contributed by atoms with Gasteiger partial charge in [0.05, 0.1) is 0 Å². The van der Waals surface area contributed by atoms with Gasteiger partial charge in [0.2, 0.25) is 5.79 Å². The summed E-state index contributed by atoms with van der Waals surface area (Å²) in [6.07, 6.45) is 19.7. The van der Waals surface area contributed by atoms with E-state index in [0.717, 1.165) is 25.7 Å². The lowest BCUT2D eigenvalue weighted by Gasteiger charge is -2.11. The predicted octanol–water partition coefficient (Wildman–Crippen LogP) is 5.11. The fourth-order valence-corrected chi connectivity index (χ4v) is 2.12. The molecule has 0 heterocycles. The zero-order valence-corrected chi connectivity index (χ0v) is 13.5. The van der Waals surface area contributed by atoms with Crippen molar-refractivity contribution in [1.82, 2.24) is 0 Å². The minimum absolute atomic E-state index is 0.919.